The Hall–Kier alpha value is -1.14. The number of amides is 2. The van der Waals surface area contributed by atoms with E-state index in [2.05, 4.69) is 10.6 Å². The highest BCUT2D eigenvalue weighted by Crippen LogP contribution is 2.00. The smallest absolute Gasteiger partial charge is 0.241 e. The van der Waals surface area contributed by atoms with E-state index in [0.717, 1.165) is 25.9 Å². The first kappa shape index (κ1) is 13.9. The summed E-state index contributed by atoms with van der Waals surface area (Å²) in [5.41, 5.74) is 5.16. The van der Waals surface area contributed by atoms with Crippen LogP contribution in [0.15, 0.2) is 0 Å². The number of carbonyl (C=O) groups excluding carboxylic acids is 2. The number of nitrogens with zero attached hydrogens (tertiary/aromatic N) is 1. The Morgan fingerprint density at radius 3 is 2.71 bits per heavy atom. The second-order valence-electron chi connectivity index (χ2n) is 4.29. The van der Waals surface area contributed by atoms with E-state index in [4.69, 9.17) is 5.73 Å². The van der Waals surface area contributed by atoms with Crippen molar-refractivity contribution in [3.05, 3.63) is 0 Å². The van der Waals surface area contributed by atoms with Gasteiger partial charge in [0, 0.05) is 26.2 Å². The zero-order valence-electron chi connectivity index (χ0n) is 10.4. The van der Waals surface area contributed by atoms with Gasteiger partial charge in [-0.2, -0.15) is 0 Å². The van der Waals surface area contributed by atoms with Gasteiger partial charge in [-0.15, -0.1) is 0 Å². The van der Waals surface area contributed by atoms with Gasteiger partial charge in [-0.05, 0) is 6.42 Å². The van der Waals surface area contributed by atoms with E-state index >= 15 is 0 Å². The van der Waals surface area contributed by atoms with Crippen molar-refractivity contribution in [2.24, 2.45) is 5.73 Å². The molecule has 98 valence electrons. The number of primary amides is 1. The minimum Gasteiger partial charge on any atom is -0.368 e. The molecule has 1 rings (SSSR count). The van der Waals surface area contributed by atoms with E-state index in [1.54, 1.807) is 4.90 Å². The summed E-state index contributed by atoms with van der Waals surface area (Å²) in [4.78, 5) is 24.7. The lowest BCUT2D eigenvalue weighted by molar-refractivity contribution is -0.137. The van der Waals surface area contributed by atoms with Crippen molar-refractivity contribution in [1.29, 1.82) is 0 Å². The quantitative estimate of drug-likeness (QED) is 0.538. The summed E-state index contributed by atoms with van der Waals surface area (Å²) in [6.07, 6.45) is 1.87. The summed E-state index contributed by atoms with van der Waals surface area (Å²) in [7, 11) is 0. The molecule has 1 saturated heterocycles. The van der Waals surface area contributed by atoms with Crippen molar-refractivity contribution >= 4 is 11.8 Å². The summed E-state index contributed by atoms with van der Waals surface area (Å²) >= 11 is 0. The molecule has 6 nitrogen and oxygen atoms in total. The topological polar surface area (TPSA) is 87.5 Å². The molecule has 0 bridgehead atoms. The van der Waals surface area contributed by atoms with E-state index < -0.39 is 5.91 Å². The molecule has 17 heavy (non-hydrogen) atoms. The molecule has 1 fully saturated rings. The van der Waals surface area contributed by atoms with Crippen LogP contribution in [0.5, 0.6) is 0 Å². The molecule has 0 aromatic carbocycles. The van der Waals surface area contributed by atoms with E-state index in [9.17, 15) is 9.59 Å². The van der Waals surface area contributed by atoms with Crippen molar-refractivity contribution in [1.82, 2.24) is 15.5 Å². The van der Waals surface area contributed by atoms with Gasteiger partial charge in [0.05, 0.1) is 12.6 Å². The standard InChI is InChI=1S/C11H22N4O2/c1-2-3-6-15(8-10(12)16)11(17)9-7-13-4-5-14-9/h9,13-14H,2-8H2,1H3,(H2,12,16). The van der Waals surface area contributed by atoms with Gasteiger partial charge in [0.15, 0.2) is 0 Å². The van der Waals surface area contributed by atoms with E-state index in [1.807, 2.05) is 6.92 Å². The lowest BCUT2D eigenvalue weighted by Crippen LogP contribution is -2.57. The SMILES string of the molecule is CCCCN(CC(N)=O)C(=O)C1CNCCN1. The van der Waals surface area contributed by atoms with Gasteiger partial charge < -0.3 is 21.3 Å². The molecule has 0 aliphatic carbocycles. The third-order valence-corrected chi connectivity index (χ3v) is 2.78. The van der Waals surface area contributed by atoms with Crippen LogP contribution in [0.4, 0.5) is 0 Å². The third-order valence-electron chi connectivity index (χ3n) is 2.78. The Morgan fingerprint density at radius 1 is 1.41 bits per heavy atom. The maximum Gasteiger partial charge on any atom is 0.241 e. The molecule has 1 aliphatic rings. The molecular formula is C11H22N4O2. The summed E-state index contributed by atoms with van der Waals surface area (Å²) < 4.78 is 0. The summed E-state index contributed by atoms with van der Waals surface area (Å²) in [5, 5.41) is 6.30. The van der Waals surface area contributed by atoms with E-state index in [-0.39, 0.29) is 18.5 Å². The van der Waals surface area contributed by atoms with E-state index in [1.165, 1.54) is 0 Å². The number of hydrogen-bond donors (Lipinski definition) is 3. The monoisotopic (exact) mass is 242 g/mol. The Morgan fingerprint density at radius 2 is 2.18 bits per heavy atom. The Kier molecular flexibility index (Phi) is 5.93. The molecule has 0 saturated carbocycles. The average molecular weight is 242 g/mol. The lowest BCUT2D eigenvalue weighted by Gasteiger charge is -2.29. The molecule has 1 heterocycles. The molecule has 2 amide bonds. The number of nitrogens with two attached hydrogens (primary N) is 1. The molecule has 6 heteroatoms. The van der Waals surface area contributed by atoms with Crippen LogP contribution in [0.3, 0.4) is 0 Å². The molecule has 1 unspecified atom stereocenters. The molecular weight excluding hydrogens is 220 g/mol. The number of rotatable bonds is 6. The fourth-order valence-electron chi connectivity index (χ4n) is 1.85. The minimum atomic E-state index is -0.460. The van der Waals surface area contributed by atoms with Crippen LogP contribution in [0.1, 0.15) is 19.8 Å². The van der Waals surface area contributed by atoms with Crippen LogP contribution in [0, 0.1) is 0 Å². The summed E-state index contributed by atoms with van der Waals surface area (Å²) in [6, 6.07) is -0.236. The average Bonchev–Trinajstić information content (AvgIpc) is 2.34. The van der Waals surface area contributed by atoms with Crippen molar-refractivity contribution < 1.29 is 9.59 Å². The predicted octanol–water partition coefficient (Wildman–Crippen LogP) is -1.34. The van der Waals surface area contributed by atoms with Crippen molar-refractivity contribution in [2.45, 2.75) is 25.8 Å². The Balaban J connectivity index is 2.53. The first-order chi connectivity index (χ1) is 8.15. The minimum absolute atomic E-state index is 0.0109. The predicted molar refractivity (Wildman–Crippen MR) is 65.3 cm³/mol. The van der Waals surface area contributed by atoms with Gasteiger partial charge >= 0.3 is 0 Å². The van der Waals surface area contributed by atoms with Gasteiger partial charge in [0.1, 0.15) is 0 Å². The summed E-state index contributed by atoms with van der Waals surface area (Å²) in [5.74, 6) is -0.498. The number of nitrogens with one attached hydrogen (secondary N) is 2. The number of hydrogen-bond acceptors (Lipinski definition) is 4. The normalized spacial score (nSPS) is 19.9. The van der Waals surface area contributed by atoms with E-state index in [0.29, 0.717) is 13.1 Å². The van der Waals surface area contributed by atoms with Crippen molar-refractivity contribution in [2.75, 3.05) is 32.7 Å². The van der Waals surface area contributed by atoms with Crippen LogP contribution in [-0.2, 0) is 9.59 Å². The molecule has 4 N–H and O–H groups in total. The van der Waals surface area contributed by atoms with Crippen molar-refractivity contribution in [3.8, 4) is 0 Å². The zero-order chi connectivity index (χ0) is 12.7. The van der Waals surface area contributed by atoms with Gasteiger partial charge in [0.25, 0.3) is 0 Å². The van der Waals surface area contributed by atoms with Crippen LogP contribution in [0.25, 0.3) is 0 Å². The third kappa shape index (κ3) is 4.70. The number of piperazine rings is 1. The molecule has 0 radical (unpaired) electrons. The molecule has 1 atom stereocenters. The fourth-order valence-corrected chi connectivity index (χ4v) is 1.85. The van der Waals surface area contributed by atoms with Crippen LogP contribution in [-0.4, -0.2) is 55.5 Å². The lowest BCUT2D eigenvalue weighted by atomic mass is 10.2. The van der Waals surface area contributed by atoms with Gasteiger partial charge in [-0.1, -0.05) is 13.3 Å². The molecule has 0 aromatic heterocycles. The summed E-state index contributed by atoms with van der Waals surface area (Å²) in [6.45, 7) is 4.91. The largest absolute Gasteiger partial charge is 0.368 e. The zero-order valence-corrected chi connectivity index (χ0v) is 10.4. The molecule has 1 aliphatic heterocycles. The first-order valence-corrected chi connectivity index (χ1v) is 6.16. The Labute approximate surface area is 102 Å². The van der Waals surface area contributed by atoms with Gasteiger partial charge in [0.2, 0.25) is 11.8 Å². The Bertz CT molecular complexity index is 264. The maximum absolute atomic E-state index is 12.2. The fraction of sp³-hybridized carbons (Fsp3) is 0.818. The highest BCUT2D eigenvalue weighted by Gasteiger charge is 2.25. The van der Waals surface area contributed by atoms with Crippen LogP contribution >= 0.6 is 0 Å². The first-order valence-electron chi connectivity index (χ1n) is 6.16. The molecule has 0 spiro atoms. The molecule has 0 aromatic rings. The van der Waals surface area contributed by atoms with Crippen molar-refractivity contribution in [3.63, 3.8) is 0 Å². The van der Waals surface area contributed by atoms with Gasteiger partial charge in [-0.3, -0.25) is 9.59 Å². The highest BCUT2D eigenvalue weighted by molar-refractivity contribution is 5.87. The van der Waals surface area contributed by atoms with Crippen LogP contribution in [0.2, 0.25) is 0 Å². The second-order valence-corrected chi connectivity index (χ2v) is 4.29. The highest BCUT2D eigenvalue weighted by atomic mass is 16.2. The number of carbonyl (C=O) groups is 2. The van der Waals surface area contributed by atoms with Gasteiger partial charge in [-0.25, -0.2) is 0 Å². The second kappa shape index (κ2) is 7.24. The number of unbranched alkanes of at least 4 members (excludes halogenated alkanes) is 1. The maximum atomic E-state index is 12.2. The van der Waals surface area contributed by atoms with Crippen LogP contribution < -0.4 is 16.4 Å².